The van der Waals surface area contributed by atoms with Gasteiger partial charge in [-0.25, -0.2) is 4.99 Å². The summed E-state index contributed by atoms with van der Waals surface area (Å²) < 4.78 is 7.17. The van der Waals surface area contributed by atoms with E-state index in [2.05, 4.69) is 32.7 Å². The van der Waals surface area contributed by atoms with Crippen molar-refractivity contribution in [1.82, 2.24) is 30.3 Å². The number of hydrogen-bond acceptors (Lipinski definition) is 5. The summed E-state index contributed by atoms with van der Waals surface area (Å²) in [6.45, 7) is 9.05. The number of hydrogen-bond donors (Lipinski definition) is 2. The molecule has 1 saturated heterocycles. The summed E-state index contributed by atoms with van der Waals surface area (Å²) in [7, 11) is 3.73. The van der Waals surface area contributed by atoms with E-state index in [1.807, 2.05) is 18.5 Å². The molecule has 2 heterocycles. The number of ether oxygens (including phenoxy) is 1. The van der Waals surface area contributed by atoms with Crippen molar-refractivity contribution in [1.29, 1.82) is 0 Å². The molecule has 8 nitrogen and oxygen atoms in total. The predicted molar refractivity (Wildman–Crippen MR) is 121 cm³/mol. The zero-order valence-electron chi connectivity index (χ0n) is 19.4. The molecule has 0 bridgehead atoms. The Morgan fingerprint density at radius 2 is 1.87 bits per heavy atom. The van der Waals surface area contributed by atoms with Gasteiger partial charge in [0.25, 0.3) is 0 Å². The number of aryl methyl sites for hydroxylation is 1. The molecule has 170 valence electrons. The Kier molecular flexibility index (Phi) is 8.93. The van der Waals surface area contributed by atoms with Gasteiger partial charge in [-0.3, -0.25) is 0 Å². The van der Waals surface area contributed by atoms with E-state index in [0.29, 0.717) is 12.6 Å². The van der Waals surface area contributed by atoms with Gasteiger partial charge >= 0.3 is 0 Å². The van der Waals surface area contributed by atoms with Crippen LogP contribution in [0.25, 0.3) is 0 Å². The fourth-order valence-electron chi connectivity index (χ4n) is 4.49. The van der Waals surface area contributed by atoms with Crippen molar-refractivity contribution in [3.05, 3.63) is 11.6 Å². The van der Waals surface area contributed by atoms with E-state index in [-0.39, 0.29) is 0 Å². The van der Waals surface area contributed by atoms with Crippen molar-refractivity contribution in [3.63, 3.8) is 0 Å². The Bertz CT molecular complexity index is 658. The van der Waals surface area contributed by atoms with Crippen molar-refractivity contribution < 1.29 is 4.74 Å². The molecule has 2 fully saturated rings. The molecule has 2 N–H and O–H groups in total. The van der Waals surface area contributed by atoms with Crippen LogP contribution < -0.4 is 10.6 Å². The van der Waals surface area contributed by atoms with Crippen LogP contribution in [0.3, 0.4) is 0 Å². The number of aromatic nitrogens is 3. The van der Waals surface area contributed by atoms with E-state index in [1.165, 1.54) is 51.6 Å². The van der Waals surface area contributed by atoms with Gasteiger partial charge in [0, 0.05) is 39.4 Å². The maximum Gasteiger partial charge on any atom is 0.191 e. The lowest BCUT2D eigenvalue weighted by atomic mass is 9.88. The minimum atomic E-state index is 0.486. The lowest BCUT2D eigenvalue weighted by Crippen LogP contribution is -2.49. The largest absolute Gasteiger partial charge is 0.385 e. The van der Waals surface area contributed by atoms with Gasteiger partial charge in [-0.2, -0.15) is 0 Å². The molecule has 2 aliphatic rings. The van der Waals surface area contributed by atoms with Crippen LogP contribution in [-0.2, 0) is 18.3 Å². The van der Waals surface area contributed by atoms with Gasteiger partial charge in [0.15, 0.2) is 11.8 Å². The first-order chi connectivity index (χ1) is 14.6. The van der Waals surface area contributed by atoms with Crippen LogP contribution in [-0.4, -0.2) is 71.1 Å². The first-order valence-corrected chi connectivity index (χ1v) is 11.7. The molecule has 8 heteroatoms. The first-order valence-electron chi connectivity index (χ1n) is 11.7. The minimum Gasteiger partial charge on any atom is -0.385 e. The molecule has 3 rings (SSSR count). The van der Waals surface area contributed by atoms with E-state index < -0.39 is 0 Å². The molecular formula is C22H41N7O. The molecule has 0 spiro atoms. The summed E-state index contributed by atoms with van der Waals surface area (Å²) in [6, 6.07) is 1.26. The molecular weight excluding hydrogens is 378 g/mol. The van der Waals surface area contributed by atoms with Gasteiger partial charge in [-0.15, -0.1) is 10.2 Å². The van der Waals surface area contributed by atoms with Gasteiger partial charge in [-0.05, 0) is 70.9 Å². The van der Waals surface area contributed by atoms with Gasteiger partial charge in [-0.1, -0.05) is 6.92 Å². The van der Waals surface area contributed by atoms with E-state index in [0.717, 1.165) is 49.1 Å². The third-order valence-corrected chi connectivity index (χ3v) is 6.75. The molecule has 1 aliphatic heterocycles. The summed E-state index contributed by atoms with van der Waals surface area (Å²) in [4.78, 5) is 7.54. The highest BCUT2D eigenvalue weighted by atomic mass is 16.5. The van der Waals surface area contributed by atoms with Crippen molar-refractivity contribution in [2.45, 2.75) is 77.4 Å². The number of rotatable bonds is 8. The van der Waals surface area contributed by atoms with Crippen LogP contribution in [0.4, 0.5) is 0 Å². The zero-order chi connectivity index (χ0) is 21.3. The zero-order valence-corrected chi connectivity index (χ0v) is 19.4. The Labute approximate surface area is 181 Å². The second-order valence-corrected chi connectivity index (χ2v) is 9.03. The minimum absolute atomic E-state index is 0.486. The van der Waals surface area contributed by atoms with Gasteiger partial charge in [0.05, 0.1) is 0 Å². The van der Waals surface area contributed by atoms with Crippen molar-refractivity contribution in [2.75, 3.05) is 33.4 Å². The highest BCUT2D eigenvalue weighted by molar-refractivity contribution is 5.80. The average Bonchev–Trinajstić information content (AvgIpc) is 3.08. The second kappa shape index (κ2) is 11.6. The molecule has 0 radical (unpaired) electrons. The SMILES string of the molecule is COCCCNC(=NCc1nnc(C)n1C)NC1CCC(N2CCC(C)CC2)CC1. The van der Waals surface area contributed by atoms with E-state index in [4.69, 9.17) is 9.73 Å². The average molecular weight is 420 g/mol. The number of guanidine groups is 1. The van der Waals surface area contributed by atoms with Crippen molar-refractivity contribution in [2.24, 2.45) is 18.0 Å². The summed E-state index contributed by atoms with van der Waals surface area (Å²) in [5.74, 6) is 3.57. The highest BCUT2D eigenvalue weighted by Gasteiger charge is 2.28. The number of nitrogens with zero attached hydrogens (tertiary/aromatic N) is 5. The second-order valence-electron chi connectivity index (χ2n) is 9.03. The topological polar surface area (TPSA) is 79.6 Å². The monoisotopic (exact) mass is 419 g/mol. The third kappa shape index (κ3) is 6.67. The molecule has 30 heavy (non-hydrogen) atoms. The molecule has 0 aromatic carbocycles. The van der Waals surface area contributed by atoms with E-state index >= 15 is 0 Å². The van der Waals surface area contributed by atoms with Crippen LogP contribution in [0.1, 0.15) is 63.5 Å². The molecule has 0 amide bonds. The number of nitrogens with one attached hydrogen (secondary N) is 2. The van der Waals surface area contributed by atoms with Crippen LogP contribution in [0, 0.1) is 12.8 Å². The number of likely N-dealkylation sites (tertiary alicyclic amines) is 1. The molecule has 1 aromatic rings. The van der Waals surface area contributed by atoms with Gasteiger partial charge in [0.1, 0.15) is 12.4 Å². The highest BCUT2D eigenvalue weighted by Crippen LogP contribution is 2.27. The predicted octanol–water partition coefficient (Wildman–Crippen LogP) is 2.24. The molecule has 1 saturated carbocycles. The van der Waals surface area contributed by atoms with Crippen LogP contribution in [0.15, 0.2) is 4.99 Å². The lowest BCUT2D eigenvalue weighted by Gasteiger charge is -2.40. The standard InChI is InChI=1S/C22H41N7O/c1-17-10-13-29(14-11-17)20-8-6-19(7-9-20)25-22(23-12-5-15-30-4)24-16-21-27-26-18(2)28(21)3/h17,19-20H,5-16H2,1-4H3,(H2,23,24,25). The Hall–Kier alpha value is -1.67. The fraction of sp³-hybridized carbons (Fsp3) is 0.864. The van der Waals surface area contributed by atoms with Gasteiger partial charge in [0.2, 0.25) is 0 Å². The maximum absolute atomic E-state index is 5.17. The van der Waals surface area contributed by atoms with Crippen molar-refractivity contribution in [3.8, 4) is 0 Å². The Morgan fingerprint density at radius 3 is 2.50 bits per heavy atom. The summed E-state index contributed by atoms with van der Waals surface area (Å²) in [5.41, 5.74) is 0. The van der Waals surface area contributed by atoms with Crippen molar-refractivity contribution >= 4 is 5.96 Å². The summed E-state index contributed by atoms with van der Waals surface area (Å²) in [5, 5.41) is 15.5. The fourth-order valence-corrected chi connectivity index (χ4v) is 4.49. The Morgan fingerprint density at radius 1 is 1.13 bits per heavy atom. The number of piperidine rings is 1. The molecule has 1 aromatic heterocycles. The van der Waals surface area contributed by atoms with Gasteiger partial charge < -0.3 is 24.8 Å². The van der Waals surface area contributed by atoms with Crippen LogP contribution in [0.5, 0.6) is 0 Å². The van der Waals surface area contributed by atoms with E-state index in [9.17, 15) is 0 Å². The quantitative estimate of drug-likeness (QED) is 0.382. The molecule has 0 unspecified atom stereocenters. The van der Waals surface area contributed by atoms with Crippen LogP contribution in [0.2, 0.25) is 0 Å². The summed E-state index contributed by atoms with van der Waals surface area (Å²) in [6.07, 6.45) is 8.66. The van der Waals surface area contributed by atoms with E-state index in [1.54, 1.807) is 7.11 Å². The normalized spacial score (nSPS) is 24.2. The first kappa shape index (κ1) is 23.0. The smallest absolute Gasteiger partial charge is 0.191 e. The third-order valence-electron chi connectivity index (χ3n) is 6.75. The lowest BCUT2D eigenvalue weighted by molar-refractivity contribution is 0.105. The Balaban J connectivity index is 1.51. The summed E-state index contributed by atoms with van der Waals surface area (Å²) >= 11 is 0. The molecule has 1 aliphatic carbocycles. The maximum atomic E-state index is 5.17. The number of aliphatic imine (C=N–C) groups is 1. The number of methoxy groups -OCH3 is 1. The molecule has 0 atom stereocenters. The van der Waals surface area contributed by atoms with Crippen LogP contribution >= 0.6 is 0 Å².